The molecule has 3 aromatic rings. The summed E-state index contributed by atoms with van der Waals surface area (Å²) in [7, 11) is 1.85. The van der Waals surface area contributed by atoms with Crippen molar-refractivity contribution in [2.75, 3.05) is 5.73 Å². The first-order valence-electron chi connectivity index (χ1n) is 5.17. The average Bonchev–Trinajstić information content (AvgIpc) is 2.88. The summed E-state index contributed by atoms with van der Waals surface area (Å²) < 4.78 is 1.72. The normalized spacial score (nSPS) is 10.6. The van der Waals surface area contributed by atoms with E-state index in [0.29, 0.717) is 11.6 Å². The van der Waals surface area contributed by atoms with Crippen LogP contribution in [0.3, 0.4) is 0 Å². The molecule has 0 radical (unpaired) electrons. The van der Waals surface area contributed by atoms with Crippen molar-refractivity contribution in [2.45, 2.75) is 6.92 Å². The van der Waals surface area contributed by atoms with Crippen LogP contribution in [0.2, 0.25) is 0 Å². The van der Waals surface area contributed by atoms with E-state index in [1.54, 1.807) is 16.0 Å². The van der Waals surface area contributed by atoms with Crippen molar-refractivity contribution in [3.8, 4) is 10.7 Å². The van der Waals surface area contributed by atoms with E-state index in [0.717, 1.165) is 21.6 Å². The van der Waals surface area contributed by atoms with Crippen LogP contribution in [0.4, 0.5) is 5.82 Å². The molecule has 0 fully saturated rings. The Kier molecular flexibility index (Phi) is 3.23. The first-order valence-corrected chi connectivity index (χ1v) is 6.05. The predicted octanol–water partition coefficient (Wildman–Crippen LogP) is 2.40. The van der Waals surface area contributed by atoms with Gasteiger partial charge in [0.1, 0.15) is 11.0 Å². The molecule has 0 saturated heterocycles. The minimum atomic E-state index is 0. The van der Waals surface area contributed by atoms with E-state index in [9.17, 15) is 0 Å². The molecule has 0 spiro atoms. The van der Waals surface area contributed by atoms with Gasteiger partial charge in [0.25, 0.3) is 0 Å². The van der Waals surface area contributed by atoms with Crippen LogP contribution in [-0.2, 0) is 7.05 Å². The molecule has 0 atom stereocenters. The van der Waals surface area contributed by atoms with Gasteiger partial charge in [-0.05, 0) is 18.4 Å². The zero-order chi connectivity index (χ0) is 12.0. The molecule has 7 heteroatoms. The first-order chi connectivity index (χ1) is 8.16. The topological polar surface area (TPSA) is 69.6 Å². The van der Waals surface area contributed by atoms with Gasteiger partial charge in [-0.2, -0.15) is 5.10 Å². The predicted molar refractivity (Wildman–Crippen MR) is 76.0 cm³/mol. The number of nitrogens with two attached hydrogens (primary N) is 1. The Hall–Kier alpha value is -1.66. The molecule has 0 aromatic carbocycles. The fourth-order valence-corrected chi connectivity index (χ4v) is 2.54. The second kappa shape index (κ2) is 4.55. The van der Waals surface area contributed by atoms with Crippen LogP contribution in [-0.4, -0.2) is 19.7 Å². The highest BCUT2D eigenvalue weighted by atomic mass is 35.5. The highest BCUT2D eigenvalue weighted by Crippen LogP contribution is 2.26. The van der Waals surface area contributed by atoms with Crippen molar-refractivity contribution >= 4 is 40.6 Å². The first kappa shape index (κ1) is 12.8. The van der Waals surface area contributed by atoms with Gasteiger partial charge in [-0.15, -0.1) is 23.7 Å². The summed E-state index contributed by atoms with van der Waals surface area (Å²) in [6.45, 7) is 1.92. The summed E-state index contributed by atoms with van der Waals surface area (Å²) in [6, 6.07) is 3.96. The van der Waals surface area contributed by atoms with Crippen molar-refractivity contribution < 1.29 is 0 Å². The van der Waals surface area contributed by atoms with Crippen LogP contribution in [0.1, 0.15) is 5.69 Å². The molecule has 0 amide bonds. The van der Waals surface area contributed by atoms with Crippen LogP contribution in [0.25, 0.3) is 21.7 Å². The van der Waals surface area contributed by atoms with Crippen LogP contribution in [0.15, 0.2) is 17.5 Å². The summed E-state index contributed by atoms with van der Waals surface area (Å²) in [5.74, 6) is 1.14. The van der Waals surface area contributed by atoms with Crippen molar-refractivity contribution in [1.82, 2.24) is 19.7 Å². The summed E-state index contributed by atoms with van der Waals surface area (Å²) in [4.78, 5) is 9.88. The molecule has 0 aliphatic rings. The smallest absolute Gasteiger partial charge is 0.172 e. The Morgan fingerprint density at radius 3 is 2.78 bits per heavy atom. The highest BCUT2D eigenvalue weighted by Gasteiger charge is 2.14. The third kappa shape index (κ3) is 1.83. The van der Waals surface area contributed by atoms with Gasteiger partial charge in [0.15, 0.2) is 11.6 Å². The second-order valence-electron chi connectivity index (χ2n) is 3.82. The summed E-state index contributed by atoms with van der Waals surface area (Å²) in [5.41, 5.74) is 8.46. The lowest BCUT2D eigenvalue weighted by atomic mass is 10.3. The molecule has 2 N–H and O–H groups in total. The molecule has 0 saturated carbocycles. The summed E-state index contributed by atoms with van der Waals surface area (Å²) in [5, 5.41) is 6.31. The van der Waals surface area contributed by atoms with E-state index in [2.05, 4.69) is 15.1 Å². The molecule has 5 nitrogen and oxygen atoms in total. The van der Waals surface area contributed by atoms with E-state index in [-0.39, 0.29) is 12.4 Å². The molecule has 18 heavy (non-hydrogen) atoms. The van der Waals surface area contributed by atoms with Gasteiger partial charge >= 0.3 is 0 Å². The quantitative estimate of drug-likeness (QED) is 0.744. The van der Waals surface area contributed by atoms with Gasteiger partial charge in [-0.3, -0.25) is 4.68 Å². The van der Waals surface area contributed by atoms with Gasteiger partial charge in [0.05, 0.1) is 10.6 Å². The largest absolute Gasteiger partial charge is 0.382 e. The molecule has 0 aliphatic carbocycles. The number of thiophene rings is 1. The number of fused-ring (bicyclic) bond motifs is 1. The third-order valence-corrected chi connectivity index (χ3v) is 3.48. The Labute approximate surface area is 114 Å². The van der Waals surface area contributed by atoms with E-state index in [1.807, 2.05) is 31.5 Å². The van der Waals surface area contributed by atoms with Gasteiger partial charge in [-0.1, -0.05) is 6.07 Å². The zero-order valence-electron chi connectivity index (χ0n) is 9.91. The molecule has 94 valence electrons. The maximum absolute atomic E-state index is 5.97. The Balaban J connectivity index is 0.00000120. The zero-order valence-corrected chi connectivity index (χ0v) is 11.5. The van der Waals surface area contributed by atoms with E-state index in [4.69, 9.17) is 5.73 Å². The molecule has 0 aliphatic heterocycles. The number of anilines is 1. The number of rotatable bonds is 1. The van der Waals surface area contributed by atoms with Gasteiger partial charge in [0.2, 0.25) is 0 Å². The van der Waals surface area contributed by atoms with Crippen LogP contribution >= 0.6 is 23.7 Å². The second-order valence-corrected chi connectivity index (χ2v) is 4.76. The number of nitrogen functional groups attached to an aromatic ring is 1. The van der Waals surface area contributed by atoms with Crippen molar-refractivity contribution in [3.63, 3.8) is 0 Å². The molecule has 0 unspecified atom stereocenters. The number of halogens is 1. The molecular formula is C11H12ClN5S. The summed E-state index contributed by atoms with van der Waals surface area (Å²) in [6.07, 6.45) is 0. The van der Waals surface area contributed by atoms with E-state index >= 15 is 0 Å². The molecule has 3 aromatic heterocycles. The number of nitrogens with zero attached hydrogens (tertiary/aromatic N) is 4. The molecular weight excluding hydrogens is 270 g/mol. The lowest BCUT2D eigenvalue weighted by Crippen LogP contribution is -2.00. The molecule has 0 bridgehead atoms. The van der Waals surface area contributed by atoms with Crippen LogP contribution in [0.5, 0.6) is 0 Å². The maximum Gasteiger partial charge on any atom is 0.172 e. The monoisotopic (exact) mass is 281 g/mol. The van der Waals surface area contributed by atoms with Gasteiger partial charge < -0.3 is 5.73 Å². The number of hydrogen-bond donors (Lipinski definition) is 1. The van der Waals surface area contributed by atoms with Crippen LogP contribution in [0, 0.1) is 6.92 Å². The SMILES string of the molecule is Cc1nn(C)c2c(N)nc(-c3cccs3)nc12.Cl. The fraction of sp³-hybridized carbons (Fsp3) is 0.182. The third-order valence-electron chi connectivity index (χ3n) is 2.62. The Morgan fingerprint density at radius 2 is 2.11 bits per heavy atom. The maximum atomic E-state index is 5.97. The van der Waals surface area contributed by atoms with E-state index in [1.165, 1.54) is 0 Å². The molecule has 3 rings (SSSR count). The highest BCUT2D eigenvalue weighted by molar-refractivity contribution is 7.13. The number of aromatic nitrogens is 4. The van der Waals surface area contributed by atoms with Crippen molar-refractivity contribution in [3.05, 3.63) is 23.2 Å². The number of hydrogen-bond acceptors (Lipinski definition) is 5. The van der Waals surface area contributed by atoms with E-state index < -0.39 is 0 Å². The van der Waals surface area contributed by atoms with Crippen molar-refractivity contribution in [2.24, 2.45) is 7.05 Å². The van der Waals surface area contributed by atoms with Crippen molar-refractivity contribution in [1.29, 1.82) is 0 Å². The average molecular weight is 282 g/mol. The lowest BCUT2D eigenvalue weighted by Gasteiger charge is -2.01. The minimum Gasteiger partial charge on any atom is -0.382 e. The number of aryl methyl sites for hydroxylation is 2. The van der Waals surface area contributed by atoms with Gasteiger partial charge in [0, 0.05) is 7.05 Å². The van der Waals surface area contributed by atoms with Crippen LogP contribution < -0.4 is 5.73 Å². The Morgan fingerprint density at radius 1 is 1.33 bits per heavy atom. The Bertz CT molecular complexity index is 689. The molecule has 3 heterocycles. The fourth-order valence-electron chi connectivity index (χ4n) is 1.88. The van der Waals surface area contributed by atoms with Gasteiger partial charge in [-0.25, -0.2) is 9.97 Å². The minimum absolute atomic E-state index is 0. The summed E-state index contributed by atoms with van der Waals surface area (Å²) >= 11 is 1.60. The lowest BCUT2D eigenvalue weighted by molar-refractivity contribution is 0.783. The standard InChI is InChI=1S/C11H11N5S.ClH/c1-6-8-9(16(2)15-6)10(12)14-11(13-8)7-4-3-5-17-7;/h3-5H,1-2H3,(H2,12,13,14);1H.